The van der Waals surface area contributed by atoms with Crippen molar-refractivity contribution in [1.82, 2.24) is 5.32 Å². The van der Waals surface area contributed by atoms with Gasteiger partial charge in [0.1, 0.15) is 0 Å². The largest absolute Gasteiger partial charge is 0.465 e. The van der Waals surface area contributed by atoms with E-state index in [1.807, 2.05) is 20.8 Å². The molecule has 0 bridgehead atoms. The highest BCUT2D eigenvalue weighted by atomic mass is 16.5. The SMILES string of the molecule is CC(C)(C)C(=O)OCC1CNCC1C1CC1. The van der Waals surface area contributed by atoms with E-state index in [4.69, 9.17) is 4.74 Å². The Balaban J connectivity index is 1.78. The number of rotatable bonds is 3. The maximum absolute atomic E-state index is 11.7. The zero-order chi connectivity index (χ0) is 11.8. The molecular weight excluding hydrogens is 202 g/mol. The zero-order valence-corrected chi connectivity index (χ0v) is 10.6. The zero-order valence-electron chi connectivity index (χ0n) is 10.6. The van der Waals surface area contributed by atoms with Gasteiger partial charge in [0.25, 0.3) is 0 Å². The van der Waals surface area contributed by atoms with Crippen LogP contribution in [0.25, 0.3) is 0 Å². The summed E-state index contributed by atoms with van der Waals surface area (Å²) in [4.78, 5) is 11.7. The molecule has 0 spiro atoms. The van der Waals surface area contributed by atoms with Gasteiger partial charge in [-0.25, -0.2) is 0 Å². The second-order valence-electron chi connectivity index (χ2n) is 6.27. The second kappa shape index (κ2) is 4.36. The molecule has 1 N–H and O–H groups in total. The van der Waals surface area contributed by atoms with Crippen LogP contribution in [0.1, 0.15) is 33.6 Å². The van der Waals surface area contributed by atoms with Crippen molar-refractivity contribution in [2.24, 2.45) is 23.2 Å². The Morgan fingerprint density at radius 1 is 1.31 bits per heavy atom. The fourth-order valence-corrected chi connectivity index (χ4v) is 2.41. The maximum Gasteiger partial charge on any atom is 0.311 e. The lowest BCUT2D eigenvalue weighted by molar-refractivity contribution is -0.154. The highest BCUT2D eigenvalue weighted by Gasteiger charge is 2.40. The highest BCUT2D eigenvalue weighted by molar-refractivity contribution is 5.75. The summed E-state index contributed by atoms with van der Waals surface area (Å²) < 4.78 is 5.42. The molecule has 2 aliphatic rings. The van der Waals surface area contributed by atoms with Crippen molar-refractivity contribution in [2.45, 2.75) is 33.6 Å². The smallest absolute Gasteiger partial charge is 0.311 e. The van der Waals surface area contributed by atoms with Gasteiger partial charge in [-0.15, -0.1) is 0 Å². The molecule has 3 heteroatoms. The Morgan fingerprint density at radius 2 is 2.00 bits per heavy atom. The second-order valence-corrected chi connectivity index (χ2v) is 6.27. The van der Waals surface area contributed by atoms with Gasteiger partial charge in [-0.2, -0.15) is 0 Å². The molecule has 2 atom stereocenters. The number of esters is 1. The van der Waals surface area contributed by atoms with E-state index in [1.54, 1.807) is 0 Å². The van der Waals surface area contributed by atoms with Crippen LogP contribution in [0.4, 0.5) is 0 Å². The summed E-state index contributed by atoms with van der Waals surface area (Å²) in [5, 5.41) is 3.41. The van der Waals surface area contributed by atoms with Crippen molar-refractivity contribution in [3.8, 4) is 0 Å². The quantitative estimate of drug-likeness (QED) is 0.745. The van der Waals surface area contributed by atoms with Crippen LogP contribution in [0, 0.1) is 23.2 Å². The minimum atomic E-state index is -0.374. The molecule has 1 heterocycles. The molecule has 3 nitrogen and oxygen atoms in total. The summed E-state index contributed by atoms with van der Waals surface area (Å²) in [5.41, 5.74) is -0.374. The summed E-state index contributed by atoms with van der Waals surface area (Å²) >= 11 is 0. The number of ether oxygens (including phenoxy) is 1. The van der Waals surface area contributed by atoms with E-state index in [1.165, 1.54) is 12.8 Å². The van der Waals surface area contributed by atoms with E-state index in [0.29, 0.717) is 12.5 Å². The minimum absolute atomic E-state index is 0.0750. The van der Waals surface area contributed by atoms with Crippen LogP contribution in [-0.2, 0) is 9.53 Å². The molecule has 92 valence electrons. The van der Waals surface area contributed by atoms with Gasteiger partial charge in [0.2, 0.25) is 0 Å². The van der Waals surface area contributed by atoms with Crippen LogP contribution < -0.4 is 5.32 Å². The predicted octanol–water partition coefficient (Wildman–Crippen LogP) is 1.82. The number of hydrogen-bond donors (Lipinski definition) is 1. The molecule has 2 rings (SSSR count). The van der Waals surface area contributed by atoms with Gasteiger partial charge in [-0.3, -0.25) is 4.79 Å². The molecule has 16 heavy (non-hydrogen) atoms. The Kier molecular flexibility index (Phi) is 3.24. The lowest BCUT2D eigenvalue weighted by Gasteiger charge is -2.21. The molecule has 0 aromatic heterocycles. The molecule has 0 aromatic rings. The average Bonchev–Trinajstić information content (AvgIpc) is 2.93. The van der Waals surface area contributed by atoms with Crippen molar-refractivity contribution < 1.29 is 9.53 Å². The highest BCUT2D eigenvalue weighted by Crippen LogP contribution is 2.42. The van der Waals surface area contributed by atoms with Crippen LogP contribution in [0.5, 0.6) is 0 Å². The molecule has 1 saturated heterocycles. The lowest BCUT2D eigenvalue weighted by atomic mass is 9.92. The van der Waals surface area contributed by atoms with E-state index in [-0.39, 0.29) is 11.4 Å². The first-order valence-corrected chi connectivity index (χ1v) is 6.36. The third kappa shape index (κ3) is 2.76. The van der Waals surface area contributed by atoms with Crippen LogP contribution in [-0.4, -0.2) is 25.7 Å². The van der Waals surface area contributed by atoms with E-state index in [0.717, 1.165) is 24.9 Å². The van der Waals surface area contributed by atoms with Crippen molar-refractivity contribution in [3.63, 3.8) is 0 Å². The summed E-state index contributed by atoms with van der Waals surface area (Å²) in [6.07, 6.45) is 2.74. The molecular formula is C13H23NO2. The first-order chi connectivity index (χ1) is 7.48. The van der Waals surface area contributed by atoms with E-state index >= 15 is 0 Å². The van der Waals surface area contributed by atoms with E-state index < -0.39 is 0 Å². The van der Waals surface area contributed by atoms with Gasteiger partial charge in [-0.1, -0.05) is 0 Å². The predicted molar refractivity (Wildman–Crippen MR) is 63.0 cm³/mol. The minimum Gasteiger partial charge on any atom is -0.465 e. The normalized spacial score (nSPS) is 30.4. The average molecular weight is 225 g/mol. The number of nitrogens with one attached hydrogen (secondary N) is 1. The topological polar surface area (TPSA) is 38.3 Å². The van der Waals surface area contributed by atoms with Gasteiger partial charge in [0, 0.05) is 12.5 Å². The Hall–Kier alpha value is -0.570. The van der Waals surface area contributed by atoms with Crippen molar-refractivity contribution in [2.75, 3.05) is 19.7 Å². The van der Waals surface area contributed by atoms with Crippen LogP contribution in [0.3, 0.4) is 0 Å². The van der Waals surface area contributed by atoms with Crippen LogP contribution >= 0.6 is 0 Å². The standard InChI is InChI=1S/C13H23NO2/c1-13(2,3)12(15)16-8-10-6-14-7-11(10)9-4-5-9/h9-11,14H,4-8H2,1-3H3. The Bertz CT molecular complexity index is 266. The van der Waals surface area contributed by atoms with Gasteiger partial charge in [-0.05, 0) is 52.0 Å². The molecule has 0 amide bonds. The molecule has 1 saturated carbocycles. The molecule has 0 radical (unpaired) electrons. The number of carbonyl (C=O) groups is 1. The molecule has 1 aliphatic heterocycles. The van der Waals surface area contributed by atoms with Crippen molar-refractivity contribution >= 4 is 5.97 Å². The third-order valence-corrected chi connectivity index (χ3v) is 3.66. The summed E-state index contributed by atoms with van der Waals surface area (Å²) in [7, 11) is 0. The molecule has 0 aromatic carbocycles. The fourth-order valence-electron chi connectivity index (χ4n) is 2.41. The van der Waals surface area contributed by atoms with Gasteiger partial charge in [0.05, 0.1) is 12.0 Å². The molecule has 1 aliphatic carbocycles. The monoisotopic (exact) mass is 225 g/mol. The Morgan fingerprint density at radius 3 is 2.56 bits per heavy atom. The third-order valence-electron chi connectivity index (χ3n) is 3.66. The van der Waals surface area contributed by atoms with Gasteiger partial charge < -0.3 is 10.1 Å². The van der Waals surface area contributed by atoms with Crippen molar-refractivity contribution in [1.29, 1.82) is 0 Å². The number of hydrogen-bond acceptors (Lipinski definition) is 3. The molecule has 2 unspecified atom stereocenters. The first-order valence-electron chi connectivity index (χ1n) is 6.36. The summed E-state index contributed by atoms with van der Waals surface area (Å²) in [6.45, 7) is 8.44. The summed E-state index contributed by atoms with van der Waals surface area (Å²) in [6, 6.07) is 0. The van der Waals surface area contributed by atoms with Crippen molar-refractivity contribution in [3.05, 3.63) is 0 Å². The summed E-state index contributed by atoms with van der Waals surface area (Å²) in [5.74, 6) is 2.11. The van der Waals surface area contributed by atoms with E-state index in [2.05, 4.69) is 5.32 Å². The van der Waals surface area contributed by atoms with Crippen LogP contribution in [0.15, 0.2) is 0 Å². The maximum atomic E-state index is 11.7. The van der Waals surface area contributed by atoms with E-state index in [9.17, 15) is 4.79 Å². The van der Waals surface area contributed by atoms with Gasteiger partial charge >= 0.3 is 5.97 Å². The number of carbonyl (C=O) groups excluding carboxylic acids is 1. The molecule has 2 fully saturated rings. The fraction of sp³-hybridized carbons (Fsp3) is 0.923. The Labute approximate surface area is 97.9 Å². The lowest BCUT2D eigenvalue weighted by Crippen LogP contribution is -2.28. The first kappa shape index (κ1) is 11.9. The van der Waals surface area contributed by atoms with Gasteiger partial charge in [0.15, 0.2) is 0 Å². The van der Waals surface area contributed by atoms with Crippen LogP contribution in [0.2, 0.25) is 0 Å².